The summed E-state index contributed by atoms with van der Waals surface area (Å²) in [6, 6.07) is 61.3. The van der Waals surface area contributed by atoms with Gasteiger partial charge in [0.05, 0.1) is 51.9 Å². The number of para-hydroxylation sites is 5. The molecule has 0 aliphatic heterocycles. The van der Waals surface area contributed by atoms with E-state index >= 15 is 0 Å². The molecule has 0 radical (unpaired) electrons. The predicted octanol–water partition coefficient (Wildman–Crippen LogP) is 13.7. The van der Waals surface area contributed by atoms with E-state index in [1.165, 1.54) is 10.8 Å². The first-order chi connectivity index (χ1) is 27.2. The Kier molecular flexibility index (Phi) is 6.61. The van der Waals surface area contributed by atoms with Crippen molar-refractivity contribution in [1.82, 2.24) is 13.7 Å². The molecule has 0 aliphatic carbocycles. The minimum absolute atomic E-state index is 0.582. The van der Waals surface area contributed by atoms with Crippen LogP contribution >= 0.6 is 0 Å². The molecule has 0 bridgehead atoms. The number of nitrogens with zero attached hydrogens (tertiary/aromatic N) is 5. The first-order valence-electron chi connectivity index (χ1n) is 18.3. The molecule has 0 saturated heterocycles. The van der Waals surface area contributed by atoms with Crippen molar-refractivity contribution in [2.75, 3.05) is 0 Å². The van der Waals surface area contributed by atoms with E-state index in [1.54, 1.807) is 0 Å². The van der Waals surface area contributed by atoms with Crippen LogP contribution in [0.15, 0.2) is 176 Å². The first-order valence-corrected chi connectivity index (χ1v) is 18.3. The van der Waals surface area contributed by atoms with Crippen LogP contribution in [-0.2, 0) is 0 Å². The summed E-state index contributed by atoms with van der Waals surface area (Å²) in [6.07, 6.45) is 0. The second-order valence-corrected chi connectivity index (χ2v) is 13.9. The molecular formula is C50H29N5. The quantitative estimate of drug-likeness (QED) is 0.163. The van der Waals surface area contributed by atoms with Crippen molar-refractivity contribution in [2.45, 2.75) is 0 Å². The van der Waals surface area contributed by atoms with Gasteiger partial charge in [0.2, 0.25) is 0 Å². The van der Waals surface area contributed by atoms with Crippen molar-refractivity contribution in [3.8, 4) is 28.2 Å². The molecule has 0 fully saturated rings. The first kappa shape index (κ1) is 30.7. The van der Waals surface area contributed by atoms with Gasteiger partial charge in [0, 0.05) is 43.9 Å². The van der Waals surface area contributed by atoms with Gasteiger partial charge in [-0.1, -0.05) is 115 Å². The summed E-state index contributed by atoms with van der Waals surface area (Å²) >= 11 is 0. The molecule has 5 heteroatoms. The minimum atomic E-state index is 0.582. The zero-order chi connectivity index (χ0) is 36.6. The Morgan fingerprint density at radius 2 is 0.891 bits per heavy atom. The lowest BCUT2D eigenvalue weighted by Crippen LogP contribution is -2.02. The predicted molar refractivity (Wildman–Crippen MR) is 227 cm³/mol. The van der Waals surface area contributed by atoms with E-state index in [0.717, 1.165) is 82.8 Å². The van der Waals surface area contributed by atoms with Gasteiger partial charge in [-0.2, -0.15) is 0 Å². The van der Waals surface area contributed by atoms with Crippen molar-refractivity contribution in [3.63, 3.8) is 0 Å². The van der Waals surface area contributed by atoms with E-state index in [1.807, 2.05) is 36.4 Å². The molecule has 0 saturated carbocycles. The van der Waals surface area contributed by atoms with Crippen molar-refractivity contribution in [3.05, 3.63) is 199 Å². The highest BCUT2D eigenvalue weighted by molar-refractivity contribution is 6.16. The van der Waals surface area contributed by atoms with Crippen LogP contribution < -0.4 is 0 Å². The van der Waals surface area contributed by atoms with E-state index in [0.29, 0.717) is 11.4 Å². The molecule has 0 amide bonds. The molecule has 0 atom stereocenters. The van der Waals surface area contributed by atoms with Gasteiger partial charge < -0.3 is 13.7 Å². The Labute approximate surface area is 316 Å². The molecule has 0 spiro atoms. The zero-order valence-corrected chi connectivity index (χ0v) is 29.5. The largest absolute Gasteiger partial charge is 0.309 e. The third kappa shape index (κ3) is 4.39. The van der Waals surface area contributed by atoms with Crippen LogP contribution in [0.3, 0.4) is 0 Å². The van der Waals surface area contributed by atoms with Gasteiger partial charge in [-0.3, -0.25) is 0 Å². The second kappa shape index (κ2) is 11.8. The molecule has 3 heterocycles. The van der Waals surface area contributed by atoms with E-state index < -0.39 is 0 Å². The monoisotopic (exact) mass is 699 g/mol. The highest BCUT2D eigenvalue weighted by Crippen LogP contribution is 2.44. The third-order valence-electron chi connectivity index (χ3n) is 11.1. The second-order valence-electron chi connectivity index (χ2n) is 13.9. The van der Waals surface area contributed by atoms with Gasteiger partial charge in [-0.25, -0.2) is 9.69 Å². The average molecular weight is 700 g/mol. The van der Waals surface area contributed by atoms with E-state index in [4.69, 9.17) is 13.1 Å². The number of hydrogen-bond donors (Lipinski definition) is 0. The molecule has 11 aromatic rings. The van der Waals surface area contributed by atoms with Crippen LogP contribution in [0, 0.1) is 13.1 Å². The number of benzene rings is 8. The van der Waals surface area contributed by atoms with Crippen LogP contribution in [-0.4, -0.2) is 13.7 Å². The number of fused-ring (bicyclic) bond motifs is 9. The molecule has 254 valence electrons. The number of aromatic nitrogens is 3. The molecule has 3 aromatic heterocycles. The Morgan fingerprint density at radius 3 is 1.56 bits per heavy atom. The lowest BCUT2D eigenvalue weighted by molar-refractivity contribution is 1.13. The maximum atomic E-state index is 8.45. The summed E-state index contributed by atoms with van der Waals surface area (Å²) in [5.41, 5.74) is 12.5. The Morgan fingerprint density at radius 1 is 0.364 bits per heavy atom. The van der Waals surface area contributed by atoms with Gasteiger partial charge in [0.15, 0.2) is 11.4 Å². The van der Waals surface area contributed by atoms with Gasteiger partial charge in [0.25, 0.3) is 0 Å². The fourth-order valence-electron chi connectivity index (χ4n) is 8.83. The van der Waals surface area contributed by atoms with E-state index in [2.05, 4.69) is 163 Å². The van der Waals surface area contributed by atoms with Crippen LogP contribution in [0.5, 0.6) is 0 Å². The summed E-state index contributed by atoms with van der Waals surface area (Å²) in [6.45, 7) is 16.1. The minimum Gasteiger partial charge on any atom is -0.309 e. The molecule has 0 N–H and O–H groups in total. The zero-order valence-electron chi connectivity index (χ0n) is 29.5. The highest BCUT2D eigenvalue weighted by Gasteiger charge is 2.23. The summed E-state index contributed by atoms with van der Waals surface area (Å²) in [5, 5.41) is 6.85. The molecule has 0 unspecified atom stereocenters. The van der Waals surface area contributed by atoms with Crippen molar-refractivity contribution >= 4 is 76.8 Å². The van der Waals surface area contributed by atoms with E-state index in [9.17, 15) is 0 Å². The molecular weight excluding hydrogens is 671 g/mol. The highest BCUT2D eigenvalue weighted by atomic mass is 15.1. The van der Waals surface area contributed by atoms with Crippen LogP contribution in [0.1, 0.15) is 0 Å². The molecule has 55 heavy (non-hydrogen) atoms. The summed E-state index contributed by atoms with van der Waals surface area (Å²) in [5.74, 6) is 0. The Balaban J connectivity index is 1.22. The topological polar surface area (TPSA) is 23.5 Å². The molecule has 8 aromatic carbocycles. The van der Waals surface area contributed by atoms with Crippen molar-refractivity contribution in [2.24, 2.45) is 0 Å². The van der Waals surface area contributed by atoms with Crippen molar-refractivity contribution in [1.29, 1.82) is 0 Å². The van der Waals surface area contributed by atoms with Gasteiger partial charge >= 0.3 is 0 Å². The number of rotatable bonds is 4. The maximum Gasteiger partial charge on any atom is 0.196 e. The van der Waals surface area contributed by atoms with Crippen LogP contribution in [0.25, 0.3) is 103 Å². The fourth-order valence-corrected chi connectivity index (χ4v) is 8.83. The standard InChI is InChI=1S/C50H29N5/c1-51-33-28-29-46-40(31-33)38-19-6-7-22-42(38)53(46)34-15-11-14-32(30-34)49-41(52-2)21-13-26-47(49)55-45-25-10-5-18-37(45)39-20-12-27-48(50(39)55)54-43-23-8-3-16-35(43)36-17-4-9-24-44(36)54/h3-31H. The smallest absolute Gasteiger partial charge is 0.196 e. The van der Waals surface area contributed by atoms with Gasteiger partial charge in [-0.05, 0) is 71.6 Å². The molecule has 11 rings (SSSR count). The summed E-state index contributed by atoms with van der Waals surface area (Å²) < 4.78 is 7.03. The molecule has 0 aliphatic rings. The van der Waals surface area contributed by atoms with Crippen LogP contribution in [0.4, 0.5) is 11.4 Å². The Hall–Kier alpha value is -7.86. The van der Waals surface area contributed by atoms with Gasteiger partial charge in [0.1, 0.15) is 0 Å². The summed E-state index contributed by atoms with van der Waals surface area (Å²) in [4.78, 5) is 7.86. The van der Waals surface area contributed by atoms with E-state index in [-0.39, 0.29) is 0 Å². The maximum absolute atomic E-state index is 8.45. The van der Waals surface area contributed by atoms with Crippen molar-refractivity contribution < 1.29 is 0 Å². The third-order valence-corrected chi connectivity index (χ3v) is 11.1. The normalized spacial score (nSPS) is 11.6. The lowest BCUT2D eigenvalue weighted by atomic mass is 10.00. The fraction of sp³-hybridized carbons (Fsp3) is 0. The molecule has 5 nitrogen and oxygen atoms in total. The lowest BCUT2D eigenvalue weighted by Gasteiger charge is -2.19. The summed E-state index contributed by atoms with van der Waals surface area (Å²) in [7, 11) is 0. The Bertz CT molecular complexity index is 3420. The number of hydrogen-bond acceptors (Lipinski definition) is 0. The average Bonchev–Trinajstić information content (AvgIpc) is 3.89. The van der Waals surface area contributed by atoms with Gasteiger partial charge in [-0.15, -0.1) is 0 Å². The SMILES string of the molecule is [C-]#[N+]c1ccc2c(c1)c1ccccc1n2-c1cccc(-c2c([N+]#[C-])cccc2-n2c3ccccc3c3cccc(-n4c5ccccc5c5ccccc54)c32)c1. The van der Waals surface area contributed by atoms with Crippen LogP contribution in [0.2, 0.25) is 0 Å².